The second kappa shape index (κ2) is 8.77. The number of rotatable bonds is 3. The minimum absolute atomic E-state index is 0.00790. The molecule has 0 unspecified atom stereocenters. The number of aromatic nitrogens is 1. The summed E-state index contributed by atoms with van der Waals surface area (Å²) in [6, 6.07) is 7.44. The fraction of sp³-hybridized carbons (Fsp3) is 0.348. The lowest BCUT2D eigenvalue weighted by molar-refractivity contribution is -0.122. The molecule has 2 aliphatic rings. The van der Waals surface area contributed by atoms with Gasteiger partial charge >= 0.3 is 0 Å². The van der Waals surface area contributed by atoms with Crippen LogP contribution in [0.15, 0.2) is 29.8 Å². The molecular weight excluding hydrogens is 453 g/mol. The summed E-state index contributed by atoms with van der Waals surface area (Å²) in [7, 11) is 0. The molecule has 1 aliphatic carbocycles. The number of benzene rings is 1. The number of thiocarbonyl (C=S) groups is 1. The van der Waals surface area contributed by atoms with Crippen molar-refractivity contribution in [1.29, 1.82) is 0 Å². The van der Waals surface area contributed by atoms with E-state index in [-0.39, 0.29) is 15.7 Å². The molecular formula is C23H23Cl2N3O2S. The summed E-state index contributed by atoms with van der Waals surface area (Å²) in [5, 5.41) is 3.08. The van der Waals surface area contributed by atoms with Crippen LogP contribution in [0.1, 0.15) is 55.1 Å². The highest BCUT2D eigenvalue weighted by Crippen LogP contribution is 2.35. The minimum atomic E-state index is -0.527. The van der Waals surface area contributed by atoms with Crippen LogP contribution in [-0.4, -0.2) is 21.5 Å². The third-order valence-electron chi connectivity index (χ3n) is 6.04. The quantitative estimate of drug-likeness (QED) is 0.349. The van der Waals surface area contributed by atoms with Gasteiger partial charge in [-0.1, -0.05) is 48.5 Å². The van der Waals surface area contributed by atoms with E-state index in [0.717, 1.165) is 29.8 Å². The van der Waals surface area contributed by atoms with E-state index < -0.39 is 11.8 Å². The molecule has 31 heavy (non-hydrogen) atoms. The molecule has 162 valence electrons. The van der Waals surface area contributed by atoms with Crippen LogP contribution in [0, 0.1) is 13.8 Å². The molecule has 8 heteroatoms. The lowest BCUT2D eigenvalue weighted by Crippen LogP contribution is -2.54. The van der Waals surface area contributed by atoms with Crippen molar-refractivity contribution >= 4 is 64.1 Å². The van der Waals surface area contributed by atoms with E-state index in [0.29, 0.717) is 16.8 Å². The highest BCUT2D eigenvalue weighted by molar-refractivity contribution is 7.80. The number of carbonyl (C=O) groups is 2. The van der Waals surface area contributed by atoms with Gasteiger partial charge in [0, 0.05) is 17.4 Å². The van der Waals surface area contributed by atoms with Gasteiger partial charge in [-0.25, -0.2) is 0 Å². The maximum atomic E-state index is 13.3. The number of hydrogen-bond acceptors (Lipinski definition) is 3. The number of halogens is 2. The average molecular weight is 476 g/mol. The molecule has 1 aliphatic heterocycles. The number of amides is 2. The van der Waals surface area contributed by atoms with E-state index in [1.54, 1.807) is 24.3 Å². The Morgan fingerprint density at radius 1 is 1.13 bits per heavy atom. The van der Waals surface area contributed by atoms with Gasteiger partial charge in [-0.3, -0.25) is 19.8 Å². The maximum absolute atomic E-state index is 13.3. The molecule has 4 rings (SSSR count). The highest BCUT2D eigenvalue weighted by Gasteiger charge is 2.36. The Balaban J connectivity index is 1.73. The van der Waals surface area contributed by atoms with Gasteiger partial charge in [0.2, 0.25) is 0 Å². The van der Waals surface area contributed by atoms with Crippen molar-refractivity contribution in [2.45, 2.75) is 52.0 Å². The average Bonchev–Trinajstić information content (AvgIpc) is 3.02. The van der Waals surface area contributed by atoms with Crippen LogP contribution in [0.4, 0.5) is 5.69 Å². The van der Waals surface area contributed by atoms with E-state index in [9.17, 15) is 9.59 Å². The first-order chi connectivity index (χ1) is 14.8. The van der Waals surface area contributed by atoms with Gasteiger partial charge in [0.15, 0.2) is 5.11 Å². The number of nitrogens with one attached hydrogen (secondary N) is 1. The zero-order valence-corrected chi connectivity index (χ0v) is 19.7. The molecule has 1 saturated heterocycles. The van der Waals surface area contributed by atoms with Gasteiger partial charge < -0.3 is 4.57 Å². The molecule has 1 N–H and O–H groups in total. The molecule has 0 spiro atoms. The first-order valence-corrected chi connectivity index (χ1v) is 11.5. The topological polar surface area (TPSA) is 54.3 Å². The van der Waals surface area contributed by atoms with Crippen LogP contribution in [0.2, 0.25) is 10.0 Å². The third kappa shape index (κ3) is 4.04. The van der Waals surface area contributed by atoms with Crippen molar-refractivity contribution in [3.05, 3.63) is 56.8 Å². The molecule has 2 heterocycles. The molecule has 0 bridgehead atoms. The van der Waals surface area contributed by atoms with Gasteiger partial charge in [0.1, 0.15) is 5.57 Å². The van der Waals surface area contributed by atoms with Gasteiger partial charge in [0.05, 0.1) is 15.7 Å². The summed E-state index contributed by atoms with van der Waals surface area (Å²) in [6.07, 6.45) is 7.69. The normalized spacial score (nSPS) is 19.3. The Kier molecular flexibility index (Phi) is 6.24. The van der Waals surface area contributed by atoms with Crippen molar-refractivity contribution in [3.8, 4) is 0 Å². The van der Waals surface area contributed by atoms with Crippen LogP contribution in [-0.2, 0) is 9.59 Å². The zero-order valence-electron chi connectivity index (χ0n) is 17.4. The van der Waals surface area contributed by atoms with E-state index >= 15 is 0 Å². The van der Waals surface area contributed by atoms with Crippen LogP contribution >= 0.6 is 35.4 Å². The fourth-order valence-electron chi connectivity index (χ4n) is 4.55. The molecule has 0 radical (unpaired) electrons. The Morgan fingerprint density at radius 2 is 1.84 bits per heavy atom. The largest absolute Gasteiger partial charge is 0.346 e. The van der Waals surface area contributed by atoms with E-state index in [2.05, 4.69) is 16.8 Å². The van der Waals surface area contributed by atoms with Crippen LogP contribution in [0.3, 0.4) is 0 Å². The Labute approximate surface area is 197 Å². The monoisotopic (exact) mass is 475 g/mol. The van der Waals surface area contributed by atoms with E-state index in [1.807, 2.05) is 13.0 Å². The van der Waals surface area contributed by atoms with Crippen molar-refractivity contribution < 1.29 is 9.59 Å². The number of aryl methyl sites for hydroxylation is 1. The van der Waals surface area contributed by atoms with E-state index in [4.69, 9.17) is 35.4 Å². The summed E-state index contributed by atoms with van der Waals surface area (Å²) in [5.41, 5.74) is 3.38. The standard InChI is InChI=1S/C23H23Cl2N3O2S/c1-13-11-15(14(2)27(13)16-7-4-3-5-8-16)12-17-21(29)26-23(31)28(22(17)30)19-10-6-9-18(24)20(19)25/h6,9-12,16H,3-5,7-8H2,1-2H3,(H,26,29,31)/b17-12+. The molecule has 5 nitrogen and oxygen atoms in total. The molecule has 0 atom stereocenters. The second-order valence-corrected chi connectivity index (χ2v) is 9.19. The molecule has 2 aromatic rings. The predicted octanol–water partition coefficient (Wildman–Crippen LogP) is 5.75. The van der Waals surface area contributed by atoms with Crippen LogP contribution in [0.5, 0.6) is 0 Å². The Morgan fingerprint density at radius 3 is 2.55 bits per heavy atom. The summed E-state index contributed by atoms with van der Waals surface area (Å²) >= 11 is 17.7. The van der Waals surface area contributed by atoms with Gasteiger partial charge in [0.25, 0.3) is 11.8 Å². The van der Waals surface area contributed by atoms with Crippen molar-refractivity contribution in [3.63, 3.8) is 0 Å². The smallest absolute Gasteiger partial charge is 0.270 e. The molecule has 2 amide bonds. The molecule has 1 aromatic carbocycles. The third-order valence-corrected chi connectivity index (χ3v) is 7.13. The second-order valence-electron chi connectivity index (χ2n) is 8.02. The SMILES string of the molecule is Cc1cc(/C=C2\C(=O)NC(=S)N(c3cccc(Cl)c3Cl)C2=O)c(C)n1C1CCCCC1. The Hall–Kier alpha value is -2.15. The van der Waals surface area contributed by atoms with Crippen LogP contribution < -0.4 is 10.2 Å². The van der Waals surface area contributed by atoms with Gasteiger partial charge in [-0.15, -0.1) is 0 Å². The van der Waals surface area contributed by atoms with Gasteiger partial charge in [-0.2, -0.15) is 0 Å². The summed E-state index contributed by atoms with van der Waals surface area (Å²) in [5.74, 6) is -1.05. The number of nitrogens with zero attached hydrogens (tertiary/aromatic N) is 2. The number of carbonyl (C=O) groups excluding carboxylic acids is 2. The van der Waals surface area contributed by atoms with Crippen molar-refractivity contribution in [2.75, 3.05) is 4.90 Å². The molecule has 1 saturated carbocycles. The maximum Gasteiger partial charge on any atom is 0.270 e. The zero-order chi connectivity index (χ0) is 22.3. The summed E-state index contributed by atoms with van der Waals surface area (Å²) in [6.45, 7) is 4.11. The first kappa shape index (κ1) is 22.1. The highest BCUT2D eigenvalue weighted by atomic mass is 35.5. The first-order valence-electron chi connectivity index (χ1n) is 10.3. The van der Waals surface area contributed by atoms with Gasteiger partial charge in [-0.05, 0) is 68.7 Å². The summed E-state index contributed by atoms with van der Waals surface area (Å²) < 4.78 is 2.34. The predicted molar refractivity (Wildman–Crippen MR) is 129 cm³/mol. The number of anilines is 1. The lowest BCUT2D eigenvalue weighted by Gasteiger charge is -2.29. The van der Waals surface area contributed by atoms with Crippen molar-refractivity contribution in [1.82, 2.24) is 9.88 Å². The number of hydrogen-bond donors (Lipinski definition) is 1. The minimum Gasteiger partial charge on any atom is -0.346 e. The molecule has 1 aromatic heterocycles. The van der Waals surface area contributed by atoms with E-state index in [1.165, 1.54) is 24.2 Å². The lowest BCUT2D eigenvalue weighted by atomic mass is 9.95. The molecule has 2 fully saturated rings. The fourth-order valence-corrected chi connectivity index (χ4v) is 5.20. The van der Waals surface area contributed by atoms with Crippen molar-refractivity contribution in [2.24, 2.45) is 0 Å². The van der Waals surface area contributed by atoms with Crippen LogP contribution in [0.25, 0.3) is 6.08 Å². The Bertz CT molecular complexity index is 1120. The summed E-state index contributed by atoms with van der Waals surface area (Å²) in [4.78, 5) is 27.2.